The molecule has 2 aromatic heterocycles. The van der Waals surface area contributed by atoms with E-state index in [0.717, 1.165) is 74.2 Å². The van der Waals surface area contributed by atoms with Crippen molar-refractivity contribution in [2.24, 2.45) is 9.98 Å². The number of aromatic nitrogens is 2. The van der Waals surface area contributed by atoms with Crippen molar-refractivity contribution in [2.75, 3.05) is 0 Å². The van der Waals surface area contributed by atoms with Crippen molar-refractivity contribution in [1.29, 1.82) is 0 Å². The third kappa shape index (κ3) is 5.36. The van der Waals surface area contributed by atoms with Gasteiger partial charge in [0.15, 0.2) is 0 Å². The standard InChI is InChI=1S/C34H46N4/c1-9-15-23-17-33(37-29(23)19-31-27(13-5)25(11-3)21(7)35-31)34-18-24(16-10-2)30(38-34)20-32-28(14-6)26(12-4)22(8)36-32/h17-20,35-36H,9-16H2,1-8H3/b29-19+,30-20+. The number of hydrogen-bond donors (Lipinski definition) is 2. The molecule has 0 fully saturated rings. The first-order chi connectivity index (χ1) is 18.4. The fourth-order valence-electron chi connectivity index (χ4n) is 6.17. The van der Waals surface area contributed by atoms with Gasteiger partial charge >= 0.3 is 0 Å². The molecule has 2 N–H and O–H groups in total. The molecule has 4 nitrogen and oxygen atoms in total. The summed E-state index contributed by atoms with van der Waals surface area (Å²) in [6.07, 6.45) is 17.5. The zero-order valence-corrected chi connectivity index (χ0v) is 24.9. The molecule has 0 unspecified atom stereocenters. The van der Waals surface area contributed by atoms with E-state index in [0.29, 0.717) is 0 Å². The van der Waals surface area contributed by atoms with Crippen LogP contribution in [-0.2, 0) is 25.7 Å². The van der Waals surface area contributed by atoms with Gasteiger partial charge in [-0.25, -0.2) is 9.98 Å². The van der Waals surface area contributed by atoms with E-state index in [9.17, 15) is 0 Å². The third-order valence-electron chi connectivity index (χ3n) is 7.97. The topological polar surface area (TPSA) is 56.3 Å². The van der Waals surface area contributed by atoms with Crippen LogP contribution in [0.3, 0.4) is 0 Å². The minimum absolute atomic E-state index is 0.987. The highest BCUT2D eigenvalue weighted by molar-refractivity contribution is 6.52. The van der Waals surface area contributed by atoms with Gasteiger partial charge in [0, 0.05) is 22.8 Å². The number of nitrogens with one attached hydrogen (secondary N) is 2. The van der Waals surface area contributed by atoms with Gasteiger partial charge in [-0.15, -0.1) is 0 Å². The number of allylic oxidation sites excluding steroid dienone is 4. The van der Waals surface area contributed by atoms with Crippen LogP contribution in [0.25, 0.3) is 12.2 Å². The molecule has 4 heteroatoms. The minimum atomic E-state index is 0.987. The second-order valence-electron chi connectivity index (χ2n) is 10.5. The number of aryl methyl sites for hydroxylation is 2. The molecule has 2 aliphatic heterocycles. The second-order valence-corrected chi connectivity index (χ2v) is 10.5. The number of nitrogens with zero attached hydrogens (tertiary/aromatic N) is 2. The molecule has 0 atom stereocenters. The number of aromatic amines is 2. The molecule has 0 spiro atoms. The summed E-state index contributed by atoms with van der Waals surface area (Å²) in [5.74, 6) is 0. The number of H-pyrrole nitrogens is 2. The van der Waals surface area contributed by atoms with Crippen LogP contribution >= 0.6 is 0 Å². The van der Waals surface area contributed by atoms with Crippen molar-refractivity contribution in [2.45, 2.75) is 107 Å². The Morgan fingerprint density at radius 1 is 0.579 bits per heavy atom. The Balaban J connectivity index is 1.76. The summed E-state index contributed by atoms with van der Waals surface area (Å²) in [5, 5.41) is 0. The molecule has 0 aromatic carbocycles. The molecule has 4 rings (SSSR count). The van der Waals surface area contributed by atoms with Crippen molar-refractivity contribution in [3.63, 3.8) is 0 Å². The lowest BCUT2D eigenvalue weighted by Crippen LogP contribution is -2.04. The van der Waals surface area contributed by atoms with Crippen LogP contribution in [0.4, 0.5) is 0 Å². The number of hydrogen-bond acceptors (Lipinski definition) is 2. The lowest BCUT2D eigenvalue weighted by molar-refractivity contribution is 0.916. The van der Waals surface area contributed by atoms with Crippen molar-refractivity contribution in [1.82, 2.24) is 9.97 Å². The van der Waals surface area contributed by atoms with E-state index in [1.54, 1.807) is 0 Å². The Bertz CT molecular complexity index is 1270. The van der Waals surface area contributed by atoms with Gasteiger partial charge in [-0.1, -0.05) is 54.4 Å². The maximum atomic E-state index is 5.16. The summed E-state index contributed by atoms with van der Waals surface area (Å²) in [5.41, 5.74) is 17.4. The fraction of sp³-hybridized carbons (Fsp3) is 0.471. The van der Waals surface area contributed by atoms with Gasteiger partial charge in [-0.3, -0.25) is 0 Å². The molecule has 0 bridgehead atoms. The van der Waals surface area contributed by atoms with Crippen LogP contribution in [0.15, 0.2) is 44.7 Å². The van der Waals surface area contributed by atoms with Crippen molar-refractivity contribution in [3.05, 3.63) is 79.7 Å². The normalized spacial score (nSPS) is 17.5. The van der Waals surface area contributed by atoms with Crippen molar-refractivity contribution in [3.8, 4) is 0 Å². The van der Waals surface area contributed by atoms with Crippen LogP contribution in [-0.4, -0.2) is 21.4 Å². The van der Waals surface area contributed by atoms with E-state index in [4.69, 9.17) is 9.98 Å². The highest BCUT2D eigenvalue weighted by Gasteiger charge is 2.23. The summed E-state index contributed by atoms with van der Waals surface area (Å²) < 4.78 is 0. The monoisotopic (exact) mass is 510 g/mol. The van der Waals surface area contributed by atoms with E-state index in [-0.39, 0.29) is 0 Å². The van der Waals surface area contributed by atoms with Gasteiger partial charge in [-0.2, -0.15) is 0 Å². The maximum Gasteiger partial charge on any atom is 0.0897 e. The molecular formula is C34H46N4. The van der Waals surface area contributed by atoms with Gasteiger partial charge in [0.2, 0.25) is 0 Å². The molecule has 0 saturated heterocycles. The van der Waals surface area contributed by atoms with Crippen LogP contribution in [0.5, 0.6) is 0 Å². The smallest absolute Gasteiger partial charge is 0.0897 e. The summed E-state index contributed by atoms with van der Waals surface area (Å²) >= 11 is 0. The van der Waals surface area contributed by atoms with E-state index >= 15 is 0 Å². The largest absolute Gasteiger partial charge is 0.359 e. The first-order valence-corrected chi connectivity index (χ1v) is 14.8. The zero-order chi connectivity index (χ0) is 27.4. The highest BCUT2D eigenvalue weighted by Crippen LogP contribution is 2.33. The predicted molar refractivity (Wildman–Crippen MR) is 165 cm³/mol. The summed E-state index contributed by atoms with van der Waals surface area (Å²) in [7, 11) is 0. The number of rotatable bonds is 11. The predicted octanol–water partition coefficient (Wildman–Crippen LogP) is 8.95. The summed E-state index contributed by atoms with van der Waals surface area (Å²) in [4.78, 5) is 17.6. The van der Waals surface area contributed by atoms with E-state index in [2.05, 4.69) is 89.7 Å². The van der Waals surface area contributed by atoms with Gasteiger partial charge < -0.3 is 9.97 Å². The van der Waals surface area contributed by atoms with Crippen LogP contribution in [0.2, 0.25) is 0 Å². The molecule has 4 heterocycles. The molecule has 202 valence electrons. The Morgan fingerprint density at radius 3 is 1.26 bits per heavy atom. The number of aliphatic imine (C=N–C) groups is 2. The van der Waals surface area contributed by atoms with Gasteiger partial charge in [-0.05, 0) is 110 Å². The lowest BCUT2D eigenvalue weighted by Gasteiger charge is -2.04. The highest BCUT2D eigenvalue weighted by atomic mass is 14.9. The summed E-state index contributed by atoms with van der Waals surface area (Å²) in [6, 6.07) is 0. The molecule has 0 saturated carbocycles. The summed E-state index contributed by atoms with van der Waals surface area (Å²) in [6.45, 7) is 17.8. The fourth-order valence-corrected chi connectivity index (χ4v) is 6.17. The van der Waals surface area contributed by atoms with Gasteiger partial charge in [0.05, 0.1) is 22.8 Å². The maximum absolute atomic E-state index is 5.16. The first kappa shape index (κ1) is 27.9. The average molecular weight is 511 g/mol. The quantitative estimate of drug-likeness (QED) is 0.303. The van der Waals surface area contributed by atoms with Crippen molar-refractivity contribution >= 4 is 23.6 Å². The van der Waals surface area contributed by atoms with Crippen LogP contribution < -0.4 is 0 Å². The van der Waals surface area contributed by atoms with E-state index in [1.165, 1.54) is 56.2 Å². The molecule has 2 aromatic rings. The Morgan fingerprint density at radius 2 is 0.947 bits per heavy atom. The Hall–Kier alpha value is -3.14. The molecule has 2 aliphatic rings. The minimum Gasteiger partial charge on any atom is -0.359 e. The molecule has 38 heavy (non-hydrogen) atoms. The molecule has 0 radical (unpaired) electrons. The first-order valence-electron chi connectivity index (χ1n) is 14.8. The Kier molecular flexibility index (Phi) is 8.91. The zero-order valence-electron chi connectivity index (χ0n) is 24.9. The van der Waals surface area contributed by atoms with Crippen LogP contribution in [0.1, 0.15) is 112 Å². The van der Waals surface area contributed by atoms with Crippen LogP contribution in [0, 0.1) is 13.8 Å². The molecular weight excluding hydrogens is 464 g/mol. The van der Waals surface area contributed by atoms with E-state index < -0.39 is 0 Å². The second kappa shape index (κ2) is 12.1. The molecule has 0 amide bonds. The lowest BCUT2D eigenvalue weighted by atomic mass is 10.0. The Labute approximate surface area is 229 Å². The van der Waals surface area contributed by atoms with E-state index in [1.807, 2.05) is 0 Å². The third-order valence-corrected chi connectivity index (χ3v) is 7.97. The van der Waals surface area contributed by atoms with Crippen molar-refractivity contribution < 1.29 is 0 Å². The van der Waals surface area contributed by atoms with Gasteiger partial charge in [0.25, 0.3) is 0 Å². The molecule has 0 aliphatic carbocycles. The SMILES string of the molecule is CCCC1=CC(C2=N/C(=C/c3[nH]c(C)c(CC)c3CC)C(CCC)=C2)=N/C1=C/c1[nH]c(C)c(CC)c1CC. The van der Waals surface area contributed by atoms with Gasteiger partial charge in [0.1, 0.15) is 0 Å². The average Bonchev–Trinajstić information content (AvgIpc) is 3.63.